The average Bonchev–Trinajstić information content (AvgIpc) is 2.33. The number of hydrogen-bond acceptors (Lipinski definition) is 3. The van der Waals surface area contributed by atoms with Crippen LogP contribution in [0.4, 0.5) is 0 Å². The van der Waals surface area contributed by atoms with Crippen molar-refractivity contribution >= 4 is 23.6 Å². The summed E-state index contributed by atoms with van der Waals surface area (Å²) in [6, 6.07) is 0. The Bertz CT molecular complexity index is 221. The second-order valence-corrected chi connectivity index (χ2v) is 4.24. The van der Waals surface area contributed by atoms with E-state index in [0.717, 1.165) is 18.7 Å². The molecule has 0 spiro atoms. The van der Waals surface area contributed by atoms with Gasteiger partial charge in [0, 0.05) is 19.5 Å². The van der Waals surface area contributed by atoms with E-state index in [1.165, 1.54) is 0 Å². The monoisotopic (exact) mass is 216 g/mol. The maximum Gasteiger partial charge on any atom is 0.241 e. The maximum absolute atomic E-state index is 11.5. The Morgan fingerprint density at radius 3 is 3.00 bits per heavy atom. The second kappa shape index (κ2) is 5.90. The lowest BCUT2D eigenvalue weighted by Crippen LogP contribution is -2.36. The minimum absolute atomic E-state index is 0.0225. The highest BCUT2D eigenvalue weighted by atomic mass is 32.2. The topological polar surface area (TPSA) is 49.4 Å². The largest absolute Gasteiger partial charge is 0.347 e. The van der Waals surface area contributed by atoms with Crippen molar-refractivity contribution in [2.75, 3.05) is 31.6 Å². The molecule has 0 radical (unpaired) electrons. The molecule has 1 aliphatic rings. The van der Waals surface area contributed by atoms with E-state index in [1.807, 2.05) is 0 Å². The fraction of sp³-hybridized carbons (Fsp3) is 0.778. The Balaban J connectivity index is 2.34. The third-order valence-electron chi connectivity index (χ3n) is 2.17. The maximum atomic E-state index is 11.5. The number of nitrogens with one attached hydrogen (secondary N) is 1. The Hall–Kier alpha value is -0.710. The standard InChI is InChI=1S/C9H16N2O2S/c1-14-6-2-4-11-5-3-8(12)10-7-9(11)13/h2-7H2,1H3,(H,10,12). The van der Waals surface area contributed by atoms with Crippen molar-refractivity contribution in [1.82, 2.24) is 10.2 Å². The molecule has 1 saturated heterocycles. The lowest BCUT2D eigenvalue weighted by molar-refractivity contribution is -0.130. The van der Waals surface area contributed by atoms with Crippen molar-refractivity contribution in [2.45, 2.75) is 12.8 Å². The van der Waals surface area contributed by atoms with Crippen LogP contribution in [0.2, 0.25) is 0 Å². The predicted octanol–water partition coefficient (Wildman–Crippen LogP) is 0.0880. The van der Waals surface area contributed by atoms with Crippen LogP contribution in [-0.4, -0.2) is 48.4 Å². The van der Waals surface area contributed by atoms with Gasteiger partial charge in [0.15, 0.2) is 0 Å². The van der Waals surface area contributed by atoms with Gasteiger partial charge < -0.3 is 10.2 Å². The van der Waals surface area contributed by atoms with Crippen LogP contribution in [0.1, 0.15) is 12.8 Å². The summed E-state index contributed by atoms with van der Waals surface area (Å²) >= 11 is 1.78. The highest BCUT2D eigenvalue weighted by molar-refractivity contribution is 7.98. The van der Waals surface area contributed by atoms with Crippen molar-refractivity contribution in [2.24, 2.45) is 0 Å². The van der Waals surface area contributed by atoms with Gasteiger partial charge in [0.2, 0.25) is 11.8 Å². The first-order valence-electron chi connectivity index (χ1n) is 4.77. The van der Waals surface area contributed by atoms with Crippen LogP contribution in [0.15, 0.2) is 0 Å². The molecule has 0 aromatic carbocycles. The average molecular weight is 216 g/mol. The number of carbonyl (C=O) groups excluding carboxylic acids is 2. The zero-order chi connectivity index (χ0) is 10.4. The number of thioether (sulfide) groups is 1. The molecule has 80 valence electrons. The Morgan fingerprint density at radius 1 is 1.50 bits per heavy atom. The van der Waals surface area contributed by atoms with Gasteiger partial charge in [-0.05, 0) is 18.4 Å². The van der Waals surface area contributed by atoms with Crippen LogP contribution in [0.3, 0.4) is 0 Å². The normalized spacial score (nSPS) is 17.9. The SMILES string of the molecule is CSCCCN1CCC(=O)NCC1=O. The van der Waals surface area contributed by atoms with Gasteiger partial charge in [0.05, 0.1) is 6.54 Å². The molecule has 0 aromatic heterocycles. The van der Waals surface area contributed by atoms with Gasteiger partial charge in [0.1, 0.15) is 0 Å². The van der Waals surface area contributed by atoms with E-state index >= 15 is 0 Å². The smallest absolute Gasteiger partial charge is 0.241 e. The summed E-state index contributed by atoms with van der Waals surface area (Å²) in [5, 5.41) is 2.58. The fourth-order valence-corrected chi connectivity index (χ4v) is 1.79. The molecule has 1 aliphatic heterocycles. The third-order valence-corrected chi connectivity index (χ3v) is 2.87. The van der Waals surface area contributed by atoms with E-state index in [1.54, 1.807) is 16.7 Å². The summed E-state index contributed by atoms with van der Waals surface area (Å²) < 4.78 is 0. The highest BCUT2D eigenvalue weighted by Crippen LogP contribution is 2.02. The van der Waals surface area contributed by atoms with E-state index in [0.29, 0.717) is 13.0 Å². The van der Waals surface area contributed by atoms with Gasteiger partial charge >= 0.3 is 0 Å². The van der Waals surface area contributed by atoms with Crippen LogP contribution in [0.5, 0.6) is 0 Å². The van der Waals surface area contributed by atoms with Crippen molar-refractivity contribution in [3.63, 3.8) is 0 Å². The molecule has 4 nitrogen and oxygen atoms in total. The first kappa shape index (κ1) is 11.4. The molecule has 1 N–H and O–H groups in total. The number of rotatable bonds is 4. The lowest BCUT2D eigenvalue weighted by atomic mass is 10.3. The van der Waals surface area contributed by atoms with Crippen molar-refractivity contribution in [3.05, 3.63) is 0 Å². The fourth-order valence-electron chi connectivity index (χ4n) is 1.37. The summed E-state index contributed by atoms with van der Waals surface area (Å²) in [6.07, 6.45) is 3.49. The van der Waals surface area contributed by atoms with E-state index in [2.05, 4.69) is 11.6 Å². The first-order chi connectivity index (χ1) is 6.74. The quantitative estimate of drug-likeness (QED) is 0.677. The molecule has 2 amide bonds. The van der Waals surface area contributed by atoms with E-state index in [4.69, 9.17) is 0 Å². The molecule has 14 heavy (non-hydrogen) atoms. The zero-order valence-electron chi connectivity index (χ0n) is 8.41. The first-order valence-corrected chi connectivity index (χ1v) is 6.17. The summed E-state index contributed by atoms with van der Waals surface area (Å²) in [6.45, 7) is 1.51. The van der Waals surface area contributed by atoms with E-state index in [-0.39, 0.29) is 18.4 Å². The summed E-state index contributed by atoms with van der Waals surface area (Å²) in [7, 11) is 0. The van der Waals surface area contributed by atoms with Crippen LogP contribution >= 0.6 is 11.8 Å². The molecule has 0 bridgehead atoms. The van der Waals surface area contributed by atoms with Crippen molar-refractivity contribution in [3.8, 4) is 0 Å². The molecule has 1 heterocycles. The summed E-state index contributed by atoms with van der Waals surface area (Å²) in [5.74, 6) is 1.08. The highest BCUT2D eigenvalue weighted by Gasteiger charge is 2.18. The van der Waals surface area contributed by atoms with E-state index < -0.39 is 0 Å². The minimum Gasteiger partial charge on any atom is -0.347 e. The van der Waals surface area contributed by atoms with Crippen molar-refractivity contribution in [1.29, 1.82) is 0 Å². The molecular weight excluding hydrogens is 200 g/mol. The third kappa shape index (κ3) is 3.57. The zero-order valence-corrected chi connectivity index (χ0v) is 9.23. The molecule has 0 aromatic rings. The van der Waals surface area contributed by atoms with Gasteiger partial charge in [-0.3, -0.25) is 9.59 Å². The van der Waals surface area contributed by atoms with Crippen molar-refractivity contribution < 1.29 is 9.59 Å². The molecule has 0 saturated carbocycles. The minimum atomic E-state index is -0.0225. The number of carbonyl (C=O) groups is 2. The number of nitrogens with zero attached hydrogens (tertiary/aromatic N) is 1. The summed E-state index contributed by atoms with van der Waals surface area (Å²) in [5.41, 5.74) is 0. The predicted molar refractivity (Wildman–Crippen MR) is 57.2 cm³/mol. The van der Waals surface area contributed by atoms with Crippen LogP contribution in [0, 0.1) is 0 Å². The Kier molecular flexibility index (Phi) is 4.79. The molecule has 0 aliphatic carbocycles. The molecular formula is C9H16N2O2S. The summed E-state index contributed by atoms with van der Waals surface area (Å²) in [4.78, 5) is 24.2. The van der Waals surface area contributed by atoms with Gasteiger partial charge in [-0.25, -0.2) is 0 Å². The van der Waals surface area contributed by atoms with Gasteiger partial charge in [-0.1, -0.05) is 0 Å². The second-order valence-electron chi connectivity index (χ2n) is 3.25. The molecule has 1 fully saturated rings. The van der Waals surface area contributed by atoms with Crippen LogP contribution in [0.25, 0.3) is 0 Å². The van der Waals surface area contributed by atoms with E-state index in [9.17, 15) is 9.59 Å². The van der Waals surface area contributed by atoms with Gasteiger partial charge in [0.25, 0.3) is 0 Å². The lowest BCUT2D eigenvalue weighted by Gasteiger charge is -2.18. The van der Waals surface area contributed by atoms with Crippen LogP contribution in [-0.2, 0) is 9.59 Å². The Labute approximate surface area is 88.4 Å². The molecule has 5 heteroatoms. The molecule has 0 unspecified atom stereocenters. The van der Waals surface area contributed by atoms with Gasteiger partial charge in [-0.15, -0.1) is 0 Å². The van der Waals surface area contributed by atoms with Crippen LogP contribution < -0.4 is 5.32 Å². The molecule has 0 atom stereocenters. The Morgan fingerprint density at radius 2 is 2.29 bits per heavy atom. The number of amides is 2. The molecule has 1 rings (SSSR count). The number of hydrogen-bond donors (Lipinski definition) is 1. The van der Waals surface area contributed by atoms with Gasteiger partial charge in [-0.2, -0.15) is 11.8 Å².